The number of amides is 3. The molecular formula is C15H21N3O3. The number of carbonyl (C=O) groups excluding carboxylic acids is 2. The lowest BCUT2D eigenvalue weighted by atomic mass is 10.3. The fourth-order valence-electron chi connectivity index (χ4n) is 2.25. The van der Waals surface area contributed by atoms with E-state index in [9.17, 15) is 9.59 Å². The number of rotatable bonds is 5. The molecule has 0 unspecified atom stereocenters. The Morgan fingerprint density at radius 1 is 1.24 bits per heavy atom. The highest BCUT2D eigenvalue weighted by atomic mass is 16.5. The summed E-state index contributed by atoms with van der Waals surface area (Å²) in [7, 11) is 0. The second kappa shape index (κ2) is 7.52. The van der Waals surface area contributed by atoms with Crippen LogP contribution in [0.5, 0.6) is 5.75 Å². The van der Waals surface area contributed by atoms with Crippen LogP contribution in [0.2, 0.25) is 0 Å². The summed E-state index contributed by atoms with van der Waals surface area (Å²) in [5, 5.41) is 5.28. The van der Waals surface area contributed by atoms with Crippen LogP contribution < -0.4 is 15.4 Å². The van der Waals surface area contributed by atoms with Crippen LogP contribution in [0, 0.1) is 0 Å². The van der Waals surface area contributed by atoms with Gasteiger partial charge in [-0.2, -0.15) is 0 Å². The molecule has 1 aliphatic heterocycles. The van der Waals surface area contributed by atoms with E-state index >= 15 is 0 Å². The second-order valence-electron chi connectivity index (χ2n) is 4.82. The normalized spacial score (nSPS) is 13.9. The van der Waals surface area contributed by atoms with Gasteiger partial charge in [0.15, 0.2) is 0 Å². The van der Waals surface area contributed by atoms with E-state index in [1.54, 1.807) is 17.0 Å². The van der Waals surface area contributed by atoms with Crippen LogP contribution in [0.4, 0.5) is 10.5 Å². The first-order chi connectivity index (χ1) is 10.2. The summed E-state index contributed by atoms with van der Waals surface area (Å²) in [6.45, 7) is 3.99. The molecule has 6 heteroatoms. The van der Waals surface area contributed by atoms with Gasteiger partial charge in [0, 0.05) is 13.1 Å². The topological polar surface area (TPSA) is 70.7 Å². The van der Waals surface area contributed by atoms with Crippen molar-refractivity contribution < 1.29 is 14.3 Å². The van der Waals surface area contributed by atoms with Gasteiger partial charge in [0.25, 0.3) is 0 Å². The first kappa shape index (κ1) is 15.2. The molecule has 6 nitrogen and oxygen atoms in total. The number of ether oxygens (including phenoxy) is 1. The van der Waals surface area contributed by atoms with E-state index in [1.165, 1.54) is 0 Å². The van der Waals surface area contributed by atoms with Crippen molar-refractivity contribution >= 4 is 17.6 Å². The number of hydrogen-bond acceptors (Lipinski definition) is 3. The van der Waals surface area contributed by atoms with Crippen LogP contribution in [0.15, 0.2) is 24.3 Å². The van der Waals surface area contributed by atoms with Gasteiger partial charge in [0.05, 0.1) is 18.8 Å². The zero-order valence-electron chi connectivity index (χ0n) is 12.2. The maximum Gasteiger partial charge on any atom is 0.319 e. The molecule has 1 fully saturated rings. The molecule has 0 bridgehead atoms. The highest BCUT2D eigenvalue weighted by Gasteiger charge is 2.18. The molecule has 0 atom stereocenters. The Balaban J connectivity index is 1.82. The Morgan fingerprint density at radius 3 is 2.67 bits per heavy atom. The molecule has 1 heterocycles. The average molecular weight is 291 g/mol. The molecule has 0 saturated carbocycles. The molecule has 1 saturated heterocycles. The van der Waals surface area contributed by atoms with Gasteiger partial charge in [-0.1, -0.05) is 12.1 Å². The molecule has 0 spiro atoms. The maximum atomic E-state index is 11.8. The summed E-state index contributed by atoms with van der Waals surface area (Å²) in [4.78, 5) is 25.4. The van der Waals surface area contributed by atoms with Gasteiger partial charge in [-0.15, -0.1) is 0 Å². The van der Waals surface area contributed by atoms with Gasteiger partial charge < -0.3 is 20.3 Å². The fraction of sp³-hybridized carbons (Fsp3) is 0.467. The average Bonchev–Trinajstić information content (AvgIpc) is 3.01. The standard InChI is InChI=1S/C15H21N3O3/c1-2-21-13-8-4-3-7-12(13)17-15(20)16-11-14(19)18-9-5-6-10-18/h3-4,7-8H,2,5-6,9-11H2,1H3,(H2,16,17,20). The van der Waals surface area contributed by atoms with Crippen LogP contribution in [-0.4, -0.2) is 43.1 Å². The van der Waals surface area contributed by atoms with Gasteiger partial charge in [0.1, 0.15) is 5.75 Å². The van der Waals surface area contributed by atoms with Crippen molar-refractivity contribution in [3.63, 3.8) is 0 Å². The number of nitrogens with one attached hydrogen (secondary N) is 2. The lowest BCUT2D eigenvalue weighted by molar-refractivity contribution is -0.128. The highest BCUT2D eigenvalue weighted by molar-refractivity contribution is 5.93. The molecule has 2 N–H and O–H groups in total. The van der Waals surface area contributed by atoms with E-state index in [4.69, 9.17) is 4.74 Å². The number of anilines is 1. The predicted octanol–water partition coefficient (Wildman–Crippen LogP) is 1.83. The molecule has 21 heavy (non-hydrogen) atoms. The summed E-state index contributed by atoms with van der Waals surface area (Å²) >= 11 is 0. The van der Waals surface area contributed by atoms with Crippen molar-refractivity contribution in [3.05, 3.63) is 24.3 Å². The first-order valence-electron chi connectivity index (χ1n) is 7.25. The predicted molar refractivity (Wildman–Crippen MR) is 80.4 cm³/mol. The summed E-state index contributed by atoms with van der Waals surface area (Å²) in [5.41, 5.74) is 0.588. The molecule has 1 aromatic rings. The lowest BCUT2D eigenvalue weighted by Gasteiger charge is -2.16. The number of hydrogen-bond donors (Lipinski definition) is 2. The van der Waals surface area contributed by atoms with E-state index in [-0.39, 0.29) is 12.5 Å². The summed E-state index contributed by atoms with van der Waals surface area (Å²) in [5.74, 6) is 0.571. The number of nitrogens with zero attached hydrogens (tertiary/aromatic N) is 1. The Hall–Kier alpha value is -2.24. The van der Waals surface area contributed by atoms with Gasteiger partial charge in [-0.25, -0.2) is 4.79 Å². The van der Waals surface area contributed by atoms with Crippen LogP contribution in [0.25, 0.3) is 0 Å². The maximum absolute atomic E-state index is 11.8. The Labute approximate surface area is 124 Å². The van der Waals surface area contributed by atoms with E-state index in [1.807, 2.05) is 19.1 Å². The van der Waals surface area contributed by atoms with Crippen LogP contribution in [0.1, 0.15) is 19.8 Å². The van der Waals surface area contributed by atoms with Crippen molar-refractivity contribution in [1.29, 1.82) is 0 Å². The molecule has 2 rings (SSSR count). The van der Waals surface area contributed by atoms with Gasteiger partial charge in [-0.05, 0) is 31.9 Å². The zero-order valence-corrected chi connectivity index (χ0v) is 12.2. The minimum Gasteiger partial charge on any atom is -0.492 e. The van der Waals surface area contributed by atoms with Crippen LogP contribution in [-0.2, 0) is 4.79 Å². The molecule has 1 aromatic carbocycles. The quantitative estimate of drug-likeness (QED) is 0.869. The summed E-state index contributed by atoms with van der Waals surface area (Å²) < 4.78 is 5.43. The molecule has 114 valence electrons. The van der Waals surface area contributed by atoms with Gasteiger partial charge >= 0.3 is 6.03 Å². The third-order valence-corrected chi connectivity index (χ3v) is 3.29. The third-order valence-electron chi connectivity index (χ3n) is 3.29. The molecule has 1 aliphatic rings. The number of para-hydroxylation sites is 2. The van der Waals surface area contributed by atoms with E-state index in [0.717, 1.165) is 25.9 Å². The van der Waals surface area contributed by atoms with E-state index < -0.39 is 6.03 Å². The Kier molecular flexibility index (Phi) is 5.43. The molecule has 0 radical (unpaired) electrons. The number of urea groups is 1. The Bertz CT molecular complexity index is 499. The minimum atomic E-state index is -0.408. The monoisotopic (exact) mass is 291 g/mol. The van der Waals surface area contributed by atoms with Crippen molar-refractivity contribution in [2.24, 2.45) is 0 Å². The third kappa shape index (κ3) is 4.37. The SMILES string of the molecule is CCOc1ccccc1NC(=O)NCC(=O)N1CCCC1. The zero-order chi connectivity index (χ0) is 15.1. The van der Waals surface area contributed by atoms with Crippen LogP contribution in [0.3, 0.4) is 0 Å². The highest BCUT2D eigenvalue weighted by Crippen LogP contribution is 2.23. The van der Waals surface area contributed by atoms with Gasteiger partial charge in [0.2, 0.25) is 5.91 Å². The molecule has 3 amide bonds. The molecule has 0 aliphatic carbocycles. The van der Waals surface area contributed by atoms with E-state index in [0.29, 0.717) is 18.0 Å². The van der Waals surface area contributed by atoms with Gasteiger partial charge in [-0.3, -0.25) is 4.79 Å². The Morgan fingerprint density at radius 2 is 1.95 bits per heavy atom. The molecular weight excluding hydrogens is 270 g/mol. The van der Waals surface area contributed by atoms with Crippen molar-refractivity contribution in [2.75, 3.05) is 31.6 Å². The second-order valence-corrected chi connectivity index (χ2v) is 4.82. The van der Waals surface area contributed by atoms with Crippen molar-refractivity contribution in [2.45, 2.75) is 19.8 Å². The van der Waals surface area contributed by atoms with Crippen molar-refractivity contribution in [3.8, 4) is 5.75 Å². The van der Waals surface area contributed by atoms with E-state index in [2.05, 4.69) is 10.6 Å². The fourth-order valence-corrected chi connectivity index (χ4v) is 2.25. The number of likely N-dealkylation sites (tertiary alicyclic amines) is 1. The summed E-state index contributed by atoms with van der Waals surface area (Å²) in [6, 6.07) is 6.79. The molecule has 0 aromatic heterocycles. The smallest absolute Gasteiger partial charge is 0.319 e. The number of benzene rings is 1. The number of carbonyl (C=O) groups is 2. The lowest BCUT2D eigenvalue weighted by Crippen LogP contribution is -2.40. The van der Waals surface area contributed by atoms with Crippen molar-refractivity contribution in [1.82, 2.24) is 10.2 Å². The van der Waals surface area contributed by atoms with Crippen LogP contribution >= 0.6 is 0 Å². The first-order valence-corrected chi connectivity index (χ1v) is 7.25. The summed E-state index contributed by atoms with van der Waals surface area (Å²) in [6.07, 6.45) is 2.08. The largest absolute Gasteiger partial charge is 0.492 e. The minimum absolute atomic E-state index is 0.0165.